The zero-order valence-electron chi connectivity index (χ0n) is 19.2. The van der Waals surface area contributed by atoms with E-state index in [4.69, 9.17) is 0 Å². The molecule has 2 unspecified atom stereocenters. The van der Waals surface area contributed by atoms with Crippen molar-refractivity contribution in [2.45, 2.75) is 24.7 Å². The van der Waals surface area contributed by atoms with Gasteiger partial charge in [-0.2, -0.15) is 0 Å². The Kier molecular flexibility index (Phi) is 7.05. The quantitative estimate of drug-likeness (QED) is 0.290. The fourth-order valence-corrected chi connectivity index (χ4v) is 9.53. The van der Waals surface area contributed by atoms with Crippen molar-refractivity contribution in [2.75, 3.05) is 0 Å². The van der Waals surface area contributed by atoms with E-state index in [0.29, 0.717) is 11.8 Å². The fourth-order valence-electron chi connectivity index (χ4n) is 6.10. The summed E-state index contributed by atoms with van der Waals surface area (Å²) in [7, 11) is 0. The second-order valence-electron chi connectivity index (χ2n) is 9.36. The second kappa shape index (κ2) is 10.1. The summed E-state index contributed by atoms with van der Waals surface area (Å²) in [5, 5.41) is 0. The van der Waals surface area contributed by atoms with Crippen molar-refractivity contribution in [3.05, 3.63) is 142 Å². The van der Waals surface area contributed by atoms with Crippen molar-refractivity contribution in [1.29, 1.82) is 0 Å². The van der Waals surface area contributed by atoms with Gasteiger partial charge in [0.25, 0.3) is 0 Å². The van der Waals surface area contributed by atoms with Crippen molar-refractivity contribution in [1.82, 2.24) is 0 Å². The van der Waals surface area contributed by atoms with Crippen LogP contribution in [0.3, 0.4) is 0 Å². The molecule has 0 saturated carbocycles. The van der Waals surface area contributed by atoms with Gasteiger partial charge in [-0.25, -0.2) is 0 Å². The third-order valence-corrected chi connectivity index (χ3v) is 11.1. The molecule has 7 rings (SSSR count). The Morgan fingerprint density at radius 2 is 0.829 bits per heavy atom. The van der Waals surface area contributed by atoms with Crippen LogP contribution in [0.2, 0.25) is 0 Å². The minimum Gasteiger partial charge on any atom is -1.00 e. The van der Waals surface area contributed by atoms with Crippen LogP contribution in [-0.2, 0) is 23.2 Å². The molecule has 0 amide bonds. The molecule has 1 aliphatic heterocycles. The molecule has 3 aliphatic rings. The van der Waals surface area contributed by atoms with Gasteiger partial charge in [-0.15, -0.1) is 0 Å². The number of halogens is 2. The minimum absolute atomic E-state index is 0. The van der Waals surface area contributed by atoms with E-state index < -0.39 is 23.2 Å². The first kappa shape index (κ1) is 24.5. The molecule has 0 fully saturated rings. The van der Waals surface area contributed by atoms with Crippen LogP contribution in [0.1, 0.15) is 58.1 Å². The number of benzene rings is 4. The Morgan fingerprint density at radius 3 is 1.29 bits per heavy atom. The van der Waals surface area contributed by atoms with Crippen LogP contribution in [0.4, 0.5) is 0 Å². The van der Waals surface area contributed by atoms with E-state index in [1.165, 1.54) is 22.3 Å². The van der Waals surface area contributed by atoms with Gasteiger partial charge in [0.1, 0.15) is 0 Å². The Balaban J connectivity index is 0.00000127. The summed E-state index contributed by atoms with van der Waals surface area (Å²) in [6.45, 7) is 0. The first-order valence-corrected chi connectivity index (χ1v) is 14.4. The van der Waals surface area contributed by atoms with Crippen molar-refractivity contribution in [3.8, 4) is 0 Å². The maximum atomic E-state index is 2.49. The molecule has 2 atom stereocenters. The normalized spacial score (nSPS) is 18.5. The van der Waals surface area contributed by atoms with E-state index in [2.05, 4.69) is 109 Å². The van der Waals surface area contributed by atoms with Gasteiger partial charge in [0, 0.05) is 0 Å². The van der Waals surface area contributed by atoms with Gasteiger partial charge in [0.05, 0.1) is 0 Å². The van der Waals surface area contributed by atoms with Gasteiger partial charge in [0.15, 0.2) is 0 Å². The van der Waals surface area contributed by atoms with Crippen LogP contribution in [0.25, 0.3) is 12.2 Å². The van der Waals surface area contributed by atoms with E-state index in [1.807, 2.05) is 0 Å². The van der Waals surface area contributed by atoms with Gasteiger partial charge >= 0.3 is 208 Å². The number of rotatable bonds is 0. The average molecular weight is 571 g/mol. The summed E-state index contributed by atoms with van der Waals surface area (Å²) in [5.41, 5.74) is 12.1. The molecule has 4 aromatic rings. The molecular formula is C32H24Cl2Zr. The third-order valence-electron chi connectivity index (χ3n) is 7.55. The summed E-state index contributed by atoms with van der Waals surface area (Å²) < 4.78 is 3.25. The number of hydrogen-bond donors (Lipinski definition) is 0. The molecule has 0 saturated heterocycles. The average Bonchev–Trinajstić information content (AvgIpc) is 3.41. The number of hydrogen-bond acceptors (Lipinski definition) is 0. The summed E-state index contributed by atoms with van der Waals surface area (Å²) in [6, 6.07) is 36.8. The first-order valence-electron chi connectivity index (χ1n) is 11.9. The number of allylic oxidation sites excluding steroid dienone is 2. The van der Waals surface area contributed by atoms with E-state index in [0.717, 1.165) is 12.8 Å². The molecule has 0 aromatic heterocycles. The van der Waals surface area contributed by atoms with E-state index in [9.17, 15) is 0 Å². The van der Waals surface area contributed by atoms with Gasteiger partial charge in [-0.1, -0.05) is 0 Å². The molecule has 3 heteroatoms. The van der Waals surface area contributed by atoms with Crippen molar-refractivity contribution < 1.29 is 48.0 Å². The Labute approximate surface area is 231 Å². The van der Waals surface area contributed by atoms with Crippen molar-refractivity contribution >= 4 is 18.7 Å². The predicted molar refractivity (Wildman–Crippen MR) is 134 cm³/mol. The Bertz CT molecular complexity index is 1350. The largest absolute Gasteiger partial charge is 1.00 e. The van der Waals surface area contributed by atoms with Crippen LogP contribution < -0.4 is 31.4 Å². The second-order valence-corrected chi connectivity index (χ2v) is 12.6. The van der Waals surface area contributed by atoms with Crippen LogP contribution in [0.5, 0.6) is 0 Å². The van der Waals surface area contributed by atoms with E-state index in [-0.39, 0.29) is 24.8 Å². The fraction of sp³-hybridized carbons (Fsp3) is 0.125. The topological polar surface area (TPSA) is 0 Å². The maximum absolute atomic E-state index is 2.49. The Hall–Kier alpha value is -2.18. The summed E-state index contributed by atoms with van der Waals surface area (Å²) in [5.74, 6) is 0.817. The first-order chi connectivity index (χ1) is 16.4. The van der Waals surface area contributed by atoms with Gasteiger partial charge in [-0.3, -0.25) is 0 Å². The SMILES string of the molecule is C1=C2CCC3=Cc4ccccc4C3c3cccc[c]3[Zr+2][c]3ccccc3C2c2ccccc21.[Cl-].[Cl-]. The zero-order valence-corrected chi connectivity index (χ0v) is 23.2. The smallest absolute Gasteiger partial charge is 1.00 e. The third kappa shape index (κ3) is 4.13. The molecule has 4 aromatic carbocycles. The summed E-state index contributed by atoms with van der Waals surface area (Å²) in [4.78, 5) is 0. The molecule has 1 heterocycles. The summed E-state index contributed by atoms with van der Waals surface area (Å²) in [6.07, 6.45) is 7.23. The standard InChI is InChI=1S/C32H24.2ClH.Zr/c1-3-11-23(12-4-1)31-27(21-25-15-7-9-17-29(25)31)19-20-28-22-26-16-8-10-18-30(26)32(28)24-13-5-2-6-14-24;;;/h1-11,13,15-18,21-22,31-32H,19-20H2;2*1H;/q;;;+2/p-2. The van der Waals surface area contributed by atoms with Crippen LogP contribution in [0.15, 0.2) is 108 Å². The van der Waals surface area contributed by atoms with Crippen molar-refractivity contribution in [2.24, 2.45) is 0 Å². The molecule has 0 nitrogen and oxygen atoms in total. The van der Waals surface area contributed by atoms with E-state index in [1.54, 1.807) is 28.8 Å². The predicted octanol–water partition coefficient (Wildman–Crippen LogP) is 0.580. The van der Waals surface area contributed by atoms with Gasteiger partial charge in [0.2, 0.25) is 0 Å². The van der Waals surface area contributed by atoms with Crippen LogP contribution in [-0.4, -0.2) is 0 Å². The van der Waals surface area contributed by atoms with Crippen LogP contribution in [0, 0.1) is 0 Å². The molecule has 0 N–H and O–H groups in total. The molecule has 0 spiro atoms. The number of fused-ring (bicyclic) bond motifs is 10. The monoisotopic (exact) mass is 568 g/mol. The molecular weight excluding hydrogens is 546 g/mol. The molecule has 170 valence electrons. The molecule has 0 radical (unpaired) electrons. The zero-order chi connectivity index (χ0) is 21.8. The van der Waals surface area contributed by atoms with Crippen LogP contribution >= 0.6 is 0 Å². The van der Waals surface area contributed by atoms with Gasteiger partial charge < -0.3 is 24.8 Å². The maximum Gasteiger partial charge on any atom is -1.00 e. The summed E-state index contributed by atoms with van der Waals surface area (Å²) >= 11 is -0.992. The van der Waals surface area contributed by atoms with E-state index >= 15 is 0 Å². The Morgan fingerprint density at radius 1 is 0.457 bits per heavy atom. The van der Waals surface area contributed by atoms with Crippen molar-refractivity contribution in [3.63, 3.8) is 0 Å². The van der Waals surface area contributed by atoms with Gasteiger partial charge in [-0.05, 0) is 0 Å². The molecule has 35 heavy (non-hydrogen) atoms. The molecule has 2 aliphatic carbocycles. The minimum atomic E-state index is -0.992. The molecule has 0 bridgehead atoms.